The van der Waals surface area contributed by atoms with Gasteiger partial charge in [-0.3, -0.25) is 0 Å². The van der Waals surface area contributed by atoms with Crippen molar-refractivity contribution < 1.29 is 0 Å². The summed E-state index contributed by atoms with van der Waals surface area (Å²) in [4.78, 5) is 0. The number of hydrogen-bond donors (Lipinski definition) is 1. The molecule has 5 aromatic rings. The molecule has 0 saturated carbocycles. The summed E-state index contributed by atoms with van der Waals surface area (Å²) >= 11 is 3.89. The van der Waals surface area contributed by atoms with Crippen LogP contribution in [0.5, 0.6) is 0 Å². The Morgan fingerprint density at radius 1 is 0.667 bits per heavy atom. The van der Waals surface area contributed by atoms with Crippen LogP contribution >= 0.6 is 23.2 Å². The topological polar surface area (TPSA) is 28.7 Å². The van der Waals surface area contributed by atoms with Gasteiger partial charge in [-0.25, -0.2) is 0 Å². The van der Waals surface area contributed by atoms with E-state index < -0.39 is 7.26 Å². The number of halogens is 1. The second-order valence-corrected chi connectivity index (χ2v) is 12.2. The quantitative estimate of drug-likeness (QED) is 0.333. The second-order valence-electron chi connectivity index (χ2n) is 7.51. The molecule has 0 aliphatic carbocycles. The fourth-order valence-corrected chi connectivity index (χ4v) is 10.5. The summed E-state index contributed by atoms with van der Waals surface area (Å²) in [6.07, 6.45) is 0.883. The van der Waals surface area contributed by atoms with Gasteiger partial charge < -0.3 is 0 Å². The molecule has 0 aliphatic rings. The van der Waals surface area contributed by atoms with Gasteiger partial charge in [-0.15, -0.1) is 0 Å². The minimum atomic E-state index is -2.42. The Balaban J connectivity index is 1.83. The molecule has 0 spiro atoms. The Bertz CT molecular complexity index is 1240. The normalized spacial score (nSPS) is 12.2. The van der Waals surface area contributed by atoms with E-state index in [1.165, 1.54) is 21.3 Å². The van der Waals surface area contributed by atoms with E-state index >= 15 is 0 Å². The molecule has 0 radical (unpaired) electrons. The van der Waals surface area contributed by atoms with Gasteiger partial charge in [0.05, 0.1) is 0 Å². The van der Waals surface area contributed by atoms with Gasteiger partial charge in [-0.05, 0) is 0 Å². The molecule has 0 bridgehead atoms. The molecule has 1 heterocycles. The van der Waals surface area contributed by atoms with Crippen LogP contribution in [-0.4, -0.2) is 10.2 Å². The summed E-state index contributed by atoms with van der Waals surface area (Å²) in [7, 11) is -2.42. The van der Waals surface area contributed by atoms with Crippen molar-refractivity contribution >= 4 is 50.0 Å². The number of benzene rings is 4. The number of fused-ring (bicyclic) bond motifs is 1. The molecule has 30 heavy (non-hydrogen) atoms. The van der Waals surface area contributed by atoms with Crippen molar-refractivity contribution in [3.63, 3.8) is 0 Å². The van der Waals surface area contributed by atoms with Crippen molar-refractivity contribution in [1.29, 1.82) is 0 Å². The fourth-order valence-electron chi connectivity index (χ4n) is 4.44. The maximum absolute atomic E-state index is 4.78. The molecule has 0 aliphatic heterocycles. The Hall–Kier alpha value is -2.74. The van der Waals surface area contributed by atoms with E-state index in [9.17, 15) is 0 Å². The van der Waals surface area contributed by atoms with Crippen LogP contribution in [0.15, 0.2) is 114 Å². The summed E-state index contributed by atoms with van der Waals surface area (Å²) in [5, 5.41) is 13.4. The molecule has 0 atom stereocenters. The minimum absolute atomic E-state index is 0.883. The van der Waals surface area contributed by atoms with Crippen molar-refractivity contribution in [3.8, 4) is 0 Å². The second kappa shape index (κ2) is 8.18. The fraction of sp³-hybridized carbons (Fsp3) is 0.0385. The van der Waals surface area contributed by atoms with E-state index in [1.807, 2.05) is 0 Å². The predicted octanol–water partition coefficient (Wildman–Crippen LogP) is 5.55. The van der Waals surface area contributed by atoms with Crippen LogP contribution in [0.1, 0.15) is 5.69 Å². The molecular weight excluding hydrogens is 451 g/mol. The van der Waals surface area contributed by atoms with Crippen molar-refractivity contribution in [1.82, 2.24) is 10.2 Å². The first kappa shape index (κ1) is 19.2. The zero-order valence-corrected chi connectivity index (χ0v) is 19.0. The number of H-pyrrole nitrogens is 1. The Labute approximate surface area is 185 Å². The molecular formula is C26H22BrN2P. The van der Waals surface area contributed by atoms with Crippen LogP contribution in [0.2, 0.25) is 0 Å². The first-order valence-electron chi connectivity index (χ1n) is 10.1. The van der Waals surface area contributed by atoms with Crippen molar-refractivity contribution in [2.75, 3.05) is 0 Å². The molecule has 5 rings (SSSR count). The Kier molecular flexibility index (Phi) is 5.25. The molecule has 0 amide bonds. The van der Waals surface area contributed by atoms with Gasteiger partial charge in [0.1, 0.15) is 0 Å². The van der Waals surface area contributed by atoms with E-state index in [-0.39, 0.29) is 0 Å². The van der Waals surface area contributed by atoms with Gasteiger partial charge >= 0.3 is 186 Å². The van der Waals surface area contributed by atoms with Gasteiger partial charge in [0, 0.05) is 0 Å². The summed E-state index contributed by atoms with van der Waals surface area (Å²) in [5.41, 5.74) is 2.21. The number of aromatic amines is 1. The summed E-state index contributed by atoms with van der Waals surface area (Å²) in [5.74, 6) is 0. The molecule has 4 aromatic carbocycles. The van der Waals surface area contributed by atoms with Crippen LogP contribution in [0.4, 0.5) is 0 Å². The summed E-state index contributed by atoms with van der Waals surface area (Å²) in [6, 6.07) is 39.0. The van der Waals surface area contributed by atoms with E-state index in [4.69, 9.17) is 5.10 Å². The molecule has 0 saturated heterocycles. The molecule has 1 aromatic heterocycles. The van der Waals surface area contributed by atoms with Crippen LogP contribution in [0.25, 0.3) is 10.9 Å². The third kappa shape index (κ3) is 3.29. The van der Waals surface area contributed by atoms with Gasteiger partial charge in [0.2, 0.25) is 0 Å². The summed E-state index contributed by atoms with van der Waals surface area (Å²) in [6.45, 7) is 0. The Morgan fingerprint density at radius 3 is 1.90 bits per heavy atom. The molecule has 0 unspecified atom stereocenters. The first-order valence-corrected chi connectivity index (χ1v) is 13.1. The molecule has 1 N–H and O–H groups in total. The number of para-hydroxylation sites is 1. The first-order chi connectivity index (χ1) is 14.8. The maximum atomic E-state index is 4.78. The van der Waals surface area contributed by atoms with Crippen LogP contribution in [0, 0.1) is 0 Å². The third-order valence-electron chi connectivity index (χ3n) is 5.85. The van der Waals surface area contributed by atoms with Gasteiger partial charge in [0.15, 0.2) is 0 Å². The number of nitrogens with one attached hydrogen (secondary N) is 1. The monoisotopic (exact) mass is 472 g/mol. The van der Waals surface area contributed by atoms with Gasteiger partial charge in [0.25, 0.3) is 0 Å². The van der Waals surface area contributed by atoms with Crippen molar-refractivity contribution in [3.05, 3.63) is 119 Å². The van der Waals surface area contributed by atoms with Crippen LogP contribution in [0.3, 0.4) is 0 Å². The van der Waals surface area contributed by atoms with Gasteiger partial charge in [-0.1, -0.05) is 0 Å². The average molecular weight is 473 g/mol. The average Bonchev–Trinajstić information content (AvgIpc) is 3.22. The van der Waals surface area contributed by atoms with E-state index in [0.717, 1.165) is 21.8 Å². The van der Waals surface area contributed by atoms with Gasteiger partial charge in [-0.2, -0.15) is 0 Å². The predicted molar refractivity (Wildman–Crippen MR) is 134 cm³/mol. The number of nitrogens with zero attached hydrogens (tertiary/aromatic N) is 1. The SMILES string of the molecule is Brc1ccccc1[PH](Cc1n[nH]c2ccccc12)(c1ccccc1)c1ccccc1. The van der Waals surface area contributed by atoms with Crippen LogP contribution in [-0.2, 0) is 6.16 Å². The summed E-state index contributed by atoms with van der Waals surface area (Å²) < 4.78 is 1.16. The van der Waals surface area contributed by atoms with Crippen molar-refractivity contribution in [2.45, 2.75) is 6.16 Å². The molecule has 0 fully saturated rings. The van der Waals surface area contributed by atoms with E-state index in [2.05, 4.69) is 130 Å². The molecule has 4 heteroatoms. The Morgan fingerprint density at radius 2 is 1.23 bits per heavy atom. The number of hydrogen-bond acceptors (Lipinski definition) is 1. The number of aromatic nitrogens is 2. The third-order valence-corrected chi connectivity index (χ3v) is 11.8. The van der Waals surface area contributed by atoms with E-state index in [0.29, 0.717) is 0 Å². The standard InChI is InChI=1S/C26H22BrN2P/c27-23-16-8-10-18-26(23)30(20-11-3-1-4-12-20,21-13-5-2-6-14-21)19-25-22-15-7-9-17-24(22)28-29-25/h1-18,30H,19H2,(H,28,29). The molecule has 2 nitrogen and oxygen atoms in total. The number of rotatable bonds is 5. The zero-order valence-electron chi connectivity index (χ0n) is 16.4. The van der Waals surface area contributed by atoms with Crippen molar-refractivity contribution in [2.24, 2.45) is 0 Å². The van der Waals surface area contributed by atoms with Crippen LogP contribution < -0.4 is 15.9 Å². The molecule has 148 valence electrons. The zero-order chi connectivity index (χ0) is 20.4. The van der Waals surface area contributed by atoms with E-state index in [1.54, 1.807) is 0 Å².